The minimum Gasteiger partial charge on any atom is -0.464 e. The Morgan fingerprint density at radius 2 is 1.90 bits per heavy atom. The van der Waals surface area contributed by atoms with Gasteiger partial charge in [-0.25, -0.2) is 9.78 Å². The van der Waals surface area contributed by atoms with Crippen molar-refractivity contribution >= 4 is 17.3 Å². The van der Waals surface area contributed by atoms with E-state index in [0.717, 1.165) is 5.92 Å². The number of nitrogens with zero attached hydrogens (tertiary/aromatic N) is 1. The Labute approximate surface area is 130 Å². The molecule has 21 heavy (non-hydrogen) atoms. The number of carbonyl (C=O) groups is 1. The molecular weight excluding hydrogens is 282 g/mol. The lowest BCUT2D eigenvalue weighted by Crippen LogP contribution is -2.56. The Morgan fingerprint density at radius 1 is 1.24 bits per heavy atom. The SMILES string of the molecule is COC(=O)c1csc(C23CC4CC(C)(CC(C)(C4)C2)C3)n1. The van der Waals surface area contributed by atoms with E-state index in [2.05, 4.69) is 18.8 Å². The number of ether oxygens (including phenoxy) is 1. The van der Waals surface area contributed by atoms with Gasteiger partial charge in [-0.1, -0.05) is 13.8 Å². The van der Waals surface area contributed by atoms with Gasteiger partial charge in [-0.3, -0.25) is 0 Å². The topological polar surface area (TPSA) is 39.2 Å². The molecule has 114 valence electrons. The van der Waals surface area contributed by atoms with Crippen molar-refractivity contribution in [3.8, 4) is 0 Å². The lowest BCUT2D eigenvalue weighted by atomic mass is 9.40. The summed E-state index contributed by atoms with van der Waals surface area (Å²) in [5.41, 5.74) is 1.67. The van der Waals surface area contributed by atoms with Gasteiger partial charge in [0.2, 0.25) is 0 Å². The highest BCUT2D eigenvalue weighted by atomic mass is 32.1. The molecule has 1 aromatic rings. The van der Waals surface area contributed by atoms with Gasteiger partial charge in [-0.05, 0) is 55.3 Å². The quantitative estimate of drug-likeness (QED) is 0.770. The van der Waals surface area contributed by atoms with Crippen LogP contribution in [-0.2, 0) is 10.2 Å². The van der Waals surface area contributed by atoms with Crippen molar-refractivity contribution in [2.75, 3.05) is 7.11 Å². The van der Waals surface area contributed by atoms with E-state index in [1.165, 1.54) is 50.6 Å². The number of methoxy groups -OCH3 is 1. The average Bonchev–Trinajstić information content (AvgIpc) is 2.83. The van der Waals surface area contributed by atoms with Crippen LogP contribution in [0.3, 0.4) is 0 Å². The first kappa shape index (κ1) is 13.7. The van der Waals surface area contributed by atoms with Crippen LogP contribution in [-0.4, -0.2) is 18.1 Å². The van der Waals surface area contributed by atoms with E-state index in [4.69, 9.17) is 4.74 Å². The van der Waals surface area contributed by atoms with Crippen LogP contribution in [0.1, 0.15) is 67.9 Å². The first-order chi connectivity index (χ1) is 9.85. The molecule has 2 unspecified atom stereocenters. The van der Waals surface area contributed by atoms with Crippen LogP contribution >= 0.6 is 11.3 Å². The second-order valence-electron chi connectivity index (χ2n) is 8.44. The van der Waals surface area contributed by atoms with Crippen molar-refractivity contribution < 1.29 is 9.53 Å². The molecule has 4 fully saturated rings. The van der Waals surface area contributed by atoms with Crippen molar-refractivity contribution in [1.82, 2.24) is 4.98 Å². The first-order valence-electron chi connectivity index (χ1n) is 7.90. The van der Waals surface area contributed by atoms with Gasteiger partial charge in [0.05, 0.1) is 12.1 Å². The maximum atomic E-state index is 11.7. The molecule has 0 saturated heterocycles. The molecule has 0 N–H and O–H groups in total. The number of carbonyl (C=O) groups excluding carboxylic acids is 1. The fourth-order valence-electron chi connectivity index (χ4n) is 6.40. The molecule has 2 atom stereocenters. The number of rotatable bonds is 2. The summed E-state index contributed by atoms with van der Waals surface area (Å²) in [5.74, 6) is 0.543. The van der Waals surface area contributed by atoms with E-state index in [1.54, 1.807) is 11.3 Å². The van der Waals surface area contributed by atoms with E-state index < -0.39 is 0 Å². The number of aromatic nitrogens is 1. The summed E-state index contributed by atoms with van der Waals surface area (Å²) in [6.07, 6.45) is 7.92. The molecule has 5 rings (SSSR count). The van der Waals surface area contributed by atoms with Crippen LogP contribution < -0.4 is 0 Å². The molecule has 0 radical (unpaired) electrons. The van der Waals surface area contributed by atoms with Crippen LogP contribution in [0.5, 0.6) is 0 Å². The molecule has 3 nitrogen and oxygen atoms in total. The minimum atomic E-state index is -0.306. The highest BCUT2D eigenvalue weighted by Gasteiger charge is 2.61. The van der Waals surface area contributed by atoms with E-state index >= 15 is 0 Å². The molecule has 0 amide bonds. The summed E-state index contributed by atoms with van der Waals surface area (Å²) in [4.78, 5) is 16.4. The summed E-state index contributed by atoms with van der Waals surface area (Å²) in [6, 6.07) is 0. The Bertz CT molecular complexity index is 590. The summed E-state index contributed by atoms with van der Waals surface area (Å²) < 4.78 is 4.81. The standard InChI is InChI=1S/C17H23NO2S/c1-15-4-11-5-16(2,8-15)10-17(6-11,9-15)14-18-12(7-21-14)13(19)20-3/h7,11H,4-6,8-10H2,1-3H3. The van der Waals surface area contributed by atoms with Crippen molar-refractivity contribution in [2.24, 2.45) is 16.7 Å². The van der Waals surface area contributed by atoms with Gasteiger partial charge < -0.3 is 4.74 Å². The normalized spacial score (nSPS) is 44.0. The molecule has 4 heteroatoms. The molecule has 0 spiro atoms. The number of hydrogen-bond acceptors (Lipinski definition) is 4. The van der Waals surface area contributed by atoms with Crippen LogP contribution in [0.15, 0.2) is 5.38 Å². The van der Waals surface area contributed by atoms with E-state index in [1.807, 2.05) is 5.38 Å². The molecule has 4 saturated carbocycles. The zero-order valence-electron chi connectivity index (χ0n) is 13.1. The monoisotopic (exact) mass is 305 g/mol. The molecule has 1 aromatic heterocycles. The van der Waals surface area contributed by atoms with Gasteiger partial charge in [-0.15, -0.1) is 11.3 Å². The third-order valence-electron chi connectivity index (χ3n) is 5.98. The smallest absolute Gasteiger partial charge is 0.357 e. The Kier molecular flexibility index (Phi) is 2.68. The van der Waals surface area contributed by atoms with Crippen molar-refractivity contribution in [1.29, 1.82) is 0 Å². The highest BCUT2D eigenvalue weighted by molar-refractivity contribution is 7.10. The fraction of sp³-hybridized carbons (Fsp3) is 0.765. The predicted molar refractivity (Wildman–Crippen MR) is 82.5 cm³/mol. The van der Waals surface area contributed by atoms with E-state index in [9.17, 15) is 4.79 Å². The Morgan fingerprint density at radius 3 is 2.48 bits per heavy atom. The summed E-state index contributed by atoms with van der Waals surface area (Å²) in [5, 5.41) is 3.06. The van der Waals surface area contributed by atoms with Crippen molar-refractivity contribution in [3.63, 3.8) is 0 Å². The van der Waals surface area contributed by atoms with Crippen LogP contribution in [0, 0.1) is 16.7 Å². The van der Waals surface area contributed by atoms with Crippen LogP contribution in [0.4, 0.5) is 0 Å². The van der Waals surface area contributed by atoms with E-state index in [-0.39, 0.29) is 11.4 Å². The minimum absolute atomic E-state index is 0.222. The van der Waals surface area contributed by atoms with Crippen molar-refractivity contribution in [2.45, 2.75) is 57.8 Å². The second-order valence-corrected chi connectivity index (χ2v) is 9.30. The van der Waals surface area contributed by atoms with Gasteiger partial charge in [0.1, 0.15) is 0 Å². The summed E-state index contributed by atoms with van der Waals surface area (Å²) >= 11 is 1.67. The van der Waals surface area contributed by atoms with Gasteiger partial charge >= 0.3 is 5.97 Å². The zero-order chi connectivity index (χ0) is 14.9. The maximum absolute atomic E-state index is 11.7. The molecule has 4 aliphatic carbocycles. The fourth-order valence-corrected chi connectivity index (χ4v) is 7.40. The number of hydrogen-bond donors (Lipinski definition) is 0. The molecule has 4 aliphatic rings. The summed E-state index contributed by atoms with van der Waals surface area (Å²) in [6.45, 7) is 4.94. The lowest BCUT2D eigenvalue weighted by molar-refractivity contribution is -0.110. The van der Waals surface area contributed by atoms with Gasteiger partial charge in [0.25, 0.3) is 0 Å². The zero-order valence-corrected chi connectivity index (χ0v) is 13.9. The average molecular weight is 305 g/mol. The lowest BCUT2D eigenvalue weighted by Gasteiger charge is -2.64. The van der Waals surface area contributed by atoms with Crippen LogP contribution in [0.25, 0.3) is 0 Å². The Balaban J connectivity index is 1.74. The molecule has 1 heterocycles. The molecular formula is C17H23NO2S. The van der Waals surface area contributed by atoms with E-state index in [0.29, 0.717) is 16.5 Å². The largest absolute Gasteiger partial charge is 0.464 e. The van der Waals surface area contributed by atoms with Gasteiger partial charge in [-0.2, -0.15) is 0 Å². The second kappa shape index (κ2) is 4.09. The third-order valence-corrected chi connectivity index (χ3v) is 7.07. The molecule has 0 aliphatic heterocycles. The van der Waals surface area contributed by atoms with Gasteiger partial charge in [0.15, 0.2) is 5.69 Å². The number of esters is 1. The third kappa shape index (κ3) is 1.98. The van der Waals surface area contributed by atoms with Gasteiger partial charge in [0, 0.05) is 10.8 Å². The first-order valence-corrected chi connectivity index (χ1v) is 8.78. The van der Waals surface area contributed by atoms with Crippen LogP contribution in [0.2, 0.25) is 0 Å². The molecule has 4 bridgehead atoms. The van der Waals surface area contributed by atoms with Crippen molar-refractivity contribution in [3.05, 3.63) is 16.1 Å². The molecule has 0 aromatic carbocycles. The summed E-state index contributed by atoms with van der Waals surface area (Å²) in [7, 11) is 1.42. The predicted octanol–water partition coefficient (Wildman–Crippen LogP) is 4.18. The maximum Gasteiger partial charge on any atom is 0.357 e. The highest BCUT2D eigenvalue weighted by Crippen LogP contribution is 2.70. The number of thiazole rings is 1. The Hall–Kier alpha value is -0.900.